The fraction of sp³-hybridized carbons (Fsp3) is 0.577. The second kappa shape index (κ2) is 11.1. The molecule has 1 unspecified atom stereocenters. The highest BCUT2D eigenvalue weighted by Gasteiger charge is 2.42. The van der Waals surface area contributed by atoms with Gasteiger partial charge in [-0.15, -0.1) is 13.2 Å². The van der Waals surface area contributed by atoms with E-state index in [9.17, 15) is 23.3 Å². The van der Waals surface area contributed by atoms with Crippen LogP contribution in [0.2, 0.25) is 0 Å². The minimum atomic E-state index is -4.68. The van der Waals surface area contributed by atoms with Gasteiger partial charge in [0.25, 0.3) is 0 Å². The van der Waals surface area contributed by atoms with E-state index < -0.39 is 16.9 Å². The standard InChI is InChI=1S/C26H33F3N6O4/c1-25(19-34-17-23(35(36)37)30-24(34)39-25)18-32-11-8-21(9-12-32)33-15-13-31(14-16-33)10-2-3-20-4-6-22(7-5-20)38-26(27,28)29/h2-7,17,21H,8-16,18-19H2,1H3. The lowest BCUT2D eigenvalue weighted by atomic mass is 9.99. The average molecular weight is 551 g/mol. The molecule has 0 amide bonds. The topological polar surface area (TPSA) is 89.1 Å². The Hall–Kier alpha value is -3.16. The molecule has 0 aliphatic carbocycles. The number of ether oxygens (including phenoxy) is 2. The van der Waals surface area contributed by atoms with Crippen molar-refractivity contribution in [1.82, 2.24) is 24.3 Å². The first kappa shape index (κ1) is 27.4. The van der Waals surface area contributed by atoms with Gasteiger partial charge in [0.1, 0.15) is 17.5 Å². The monoisotopic (exact) mass is 550 g/mol. The number of imidazole rings is 1. The van der Waals surface area contributed by atoms with Gasteiger partial charge < -0.3 is 19.6 Å². The molecule has 212 valence electrons. The van der Waals surface area contributed by atoms with E-state index in [-0.39, 0.29) is 11.6 Å². The predicted octanol–water partition coefficient (Wildman–Crippen LogP) is 3.64. The zero-order valence-electron chi connectivity index (χ0n) is 21.8. The second-order valence-corrected chi connectivity index (χ2v) is 10.7. The van der Waals surface area contributed by atoms with Crippen LogP contribution >= 0.6 is 0 Å². The SMILES string of the molecule is CC1(CN2CCC(N3CCN(CC=Cc4ccc(OC(F)(F)F)cc4)CC3)CC2)Cn2cc([N+](=O)[O-])nc2O1. The number of alkyl halides is 3. The van der Waals surface area contributed by atoms with Crippen LogP contribution in [0.4, 0.5) is 19.0 Å². The molecule has 3 aliphatic heterocycles. The number of piperidine rings is 1. The van der Waals surface area contributed by atoms with Crippen molar-refractivity contribution in [2.75, 3.05) is 52.4 Å². The second-order valence-electron chi connectivity index (χ2n) is 10.7. The number of nitrogens with zero attached hydrogens (tertiary/aromatic N) is 6. The summed E-state index contributed by atoms with van der Waals surface area (Å²) in [5.41, 5.74) is 0.389. The largest absolute Gasteiger partial charge is 0.573 e. The number of aromatic nitrogens is 2. The van der Waals surface area contributed by atoms with E-state index in [0.29, 0.717) is 18.6 Å². The summed E-state index contributed by atoms with van der Waals surface area (Å²) in [5.74, 6) is -0.402. The summed E-state index contributed by atoms with van der Waals surface area (Å²) < 4.78 is 48.5. The first-order valence-electron chi connectivity index (χ1n) is 13.2. The summed E-state index contributed by atoms with van der Waals surface area (Å²) in [6.07, 6.45) is 2.92. The molecule has 2 fully saturated rings. The number of hydrogen-bond acceptors (Lipinski definition) is 8. The van der Waals surface area contributed by atoms with Crippen LogP contribution in [-0.4, -0.2) is 99.5 Å². The average Bonchev–Trinajstić information content (AvgIpc) is 3.40. The summed E-state index contributed by atoms with van der Waals surface area (Å²) in [7, 11) is 0. The van der Waals surface area contributed by atoms with Crippen LogP contribution in [0.25, 0.3) is 6.08 Å². The number of rotatable bonds is 8. The Balaban J connectivity index is 1.00. The third-order valence-corrected chi connectivity index (χ3v) is 7.58. The van der Waals surface area contributed by atoms with Gasteiger partial charge in [0.15, 0.2) is 0 Å². The molecule has 0 N–H and O–H groups in total. The first-order chi connectivity index (χ1) is 18.6. The van der Waals surface area contributed by atoms with Gasteiger partial charge in [-0.05, 0) is 55.5 Å². The minimum absolute atomic E-state index is 0.183. The Labute approximate surface area is 224 Å². The molecule has 5 rings (SSSR count). The van der Waals surface area contributed by atoms with E-state index in [1.165, 1.54) is 18.3 Å². The zero-order valence-corrected chi connectivity index (χ0v) is 21.8. The van der Waals surface area contributed by atoms with Crippen LogP contribution in [0.1, 0.15) is 25.3 Å². The van der Waals surface area contributed by atoms with Crippen molar-refractivity contribution in [1.29, 1.82) is 0 Å². The van der Waals surface area contributed by atoms with Crippen molar-refractivity contribution in [2.24, 2.45) is 0 Å². The molecule has 2 aromatic rings. The maximum Gasteiger partial charge on any atom is 0.573 e. The Morgan fingerprint density at radius 1 is 1.13 bits per heavy atom. The van der Waals surface area contributed by atoms with Gasteiger partial charge in [0.2, 0.25) is 0 Å². The van der Waals surface area contributed by atoms with Crippen LogP contribution in [0.5, 0.6) is 11.8 Å². The zero-order chi connectivity index (χ0) is 27.6. The highest BCUT2D eigenvalue weighted by Crippen LogP contribution is 2.32. The number of piperazine rings is 1. The molecule has 1 aromatic heterocycles. The number of likely N-dealkylation sites (tertiary alicyclic amines) is 1. The van der Waals surface area contributed by atoms with Crippen LogP contribution in [-0.2, 0) is 6.54 Å². The molecule has 2 saturated heterocycles. The van der Waals surface area contributed by atoms with E-state index in [1.807, 2.05) is 19.1 Å². The van der Waals surface area contributed by atoms with Gasteiger partial charge in [0, 0.05) is 50.3 Å². The molecule has 3 aliphatic rings. The fourth-order valence-electron chi connectivity index (χ4n) is 5.71. The van der Waals surface area contributed by atoms with E-state index in [1.54, 1.807) is 16.7 Å². The molecule has 0 bridgehead atoms. The number of nitro groups is 1. The first-order valence-corrected chi connectivity index (χ1v) is 13.2. The summed E-state index contributed by atoms with van der Waals surface area (Å²) in [6, 6.07) is 6.75. The molecule has 1 atom stereocenters. The molecule has 0 saturated carbocycles. The smallest absolute Gasteiger partial charge is 0.436 e. The third kappa shape index (κ3) is 7.08. The molecule has 10 nitrogen and oxygen atoms in total. The van der Waals surface area contributed by atoms with Gasteiger partial charge in [-0.2, -0.15) is 0 Å². The molecular weight excluding hydrogens is 517 g/mol. The number of hydrogen-bond donors (Lipinski definition) is 0. The Kier molecular flexibility index (Phi) is 7.83. The highest BCUT2D eigenvalue weighted by molar-refractivity contribution is 5.50. The Morgan fingerprint density at radius 2 is 1.82 bits per heavy atom. The van der Waals surface area contributed by atoms with Gasteiger partial charge >= 0.3 is 18.2 Å². The summed E-state index contributed by atoms with van der Waals surface area (Å²) in [4.78, 5) is 21.8. The highest BCUT2D eigenvalue weighted by atomic mass is 19.4. The molecule has 0 radical (unpaired) electrons. The van der Waals surface area contributed by atoms with Crippen molar-refractivity contribution >= 4 is 11.9 Å². The predicted molar refractivity (Wildman–Crippen MR) is 138 cm³/mol. The van der Waals surface area contributed by atoms with Crippen molar-refractivity contribution in [3.05, 3.63) is 52.2 Å². The number of benzene rings is 1. The molecular formula is C26H33F3N6O4. The maximum atomic E-state index is 12.3. The van der Waals surface area contributed by atoms with Crippen LogP contribution < -0.4 is 9.47 Å². The van der Waals surface area contributed by atoms with Crippen LogP contribution in [0.15, 0.2) is 36.5 Å². The molecule has 0 spiro atoms. The van der Waals surface area contributed by atoms with Crippen molar-refractivity contribution in [3.8, 4) is 11.8 Å². The summed E-state index contributed by atoms with van der Waals surface area (Å²) >= 11 is 0. The third-order valence-electron chi connectivity index (χ3n) is 7.58. The lowest BCUT2D eigenvalue weighted by Gasteiger charge is -2.43. The molecule has 1 aromatic carbocycles. The van der Waals surface area contributed by atoms with Crippen molar-refractivity contribution < 1.29 is 27.6 Å². The number of halogens is 3. The maximum absolute atomic E-state index is 12.3. The Bertz CT molecular complexity index is 1150. The number of fused-ring (bicyclic) bond motifs is 1. The molecule has 39 heavy (non-hydrogen) atoms. The van der Waals surface area contributed by atoms with E-state index in [0.717, 1.165) is 70.8 Å². The molecule has 13 heteroatoms. The lowest BCUT2D eigenvalue weighted by molar-refractivity contribution is -0.389. The fourth-order valence-corrected chi connectivity index (χ4v) is 5.71. The lowest BCUT2D eigenvalue weighted by Crippen LogP contribution is -2.54. The van der Waals surface area contributed by atoms with Crippen molar-refractivity contribution in [2.45, 2.75) is 44.3 Å². The molecule has 4 heterocycles. The summed E-state index contributed by atoms with van der Waals surface area (Å²) in [5, 5.41) is 10.9. The Morgan fingerprint density at radius 3 is 2.44 bits per heavy atom. The van der Waals surface area contributed by atoms with Crippen molar-refractivity contribution in [3.63, 3.8) is 0 Å². The van der Waals surface area contributed by atoms with E-state index in [4.69, 9.17) is 4.74 Å². The van der Waals surface area contributed by atoms with Gasteiger partial charge in [-0.1, -0.05) is 24.3 Å². The normalized spacial score (nSPS) is 23.7. The quantitative estimate of drug-likeness (QED) is 0.364. The van der Waals surface area contributed by atoms with Crippen LogP contribution in [0, 0.1) is 10.1 Å². The van der Waals surface area contributed by atoms with E-state index in [2.05, 4.69) is 24.4 Å². The van der Waals surface area contributed by atoms with E-state index >= 15 is 0 Å². The van der Waals surface area contributed by atoms with Crippen LogP contribution in [0.3, 0.4) is 0 Å². The minimum Gasteiger partial charge on any atom is -0.436 e. The van der Waals surface area contributed by atoms with Gasteiger partial charge in [-0.25, -0.2) is 0 Å². The van der Waals surface area contributed by atoms with Gasteiger partial charge in [0.05, 0.1) is 6.54 Å². The van der Waals surface area contributed by atoms with Gasteiger partial charge in [-0.3, -0.25) is 19.3 Å². The summed E-state index contributed by atoms with van der Waals surface area (Å²) in [6.45, 7) is 10.1.